The molecule has 0 saturated carbocycles. The number of rotatable bonds is 5. The van der Waals surface area contributed by atoms with E-state index in [2.05, 4.69) is 31.5 Å². The van der Waals surface area contributed by atoms with Crippen molar-refractivity contribution in [1.29, 1.82) is 0 Å². The predicted octanol–water partition coefficient (Wildman–Crippen LogP) is 4.03. The summed E-state index contributed by atoms with van der Waals surface area (Å²) < 4.78 is 0.860. The molecule has 26 heavy (non-hydrogen) atoms. The predicted molar refractivity (Wildman–Crippen MR) is 104 cm³/mol. The third-order valence-electron chi connectivity index (χ3n) is 3.68. The van der Waals surface area contributed by atoms with E-state index in [0.29, 0.717) is 23.4 Å². The van der Waals surface area contributed by atoms with Crippen molar-refractivity contribution in [2.75, 3.05) is 5.32 Å². The Morgan fingerprint density at radius 2 is 1.69 bits per heavy atom. The molecule has 2 amide bonds. The van der Waals surface area contributed by atoms with Crippen LogP contribution >= 0.6 is 15.9 Å². The van der Waals surface area contributed by atoms with E-state index in [1.54, 1.807) is 42.6 Å². The Morgan fingerprint density at radius 3 is 2.38 bits per heavy atom. The van der Waals surface area contributed by atoms with Gasteiger partial charge in [0.1, 0.15) is 0 Å². The summed E-state index contributed by atoms with van der Waals surface area (Å²) in [6.45, 7) is 0.405. The van der Waals surface area contributed by atoms with Gasteiger partial charge in [-0.15, -0.1) is 0 Å². The summed E-state index contributed by atoms with van der Waals surface area (Å²) in [5.41, 5.74) is 2.71. The number of carbonyl (C=O) groups is 2. The first kappa shape index (κ1) is 17.8. The van der Waals surface area contributed by atoms with Gasteiger partial charge in [0.2, 0.25) is 0 Å². The maximum atomic E-state index is 12.1. The molecule has 0 bridgehead atoms. The minimum Gasteiger partial charge on any atom is -0.348 e. The summed E-state index contributed by atoms with van der Waals surface area (Å²) in [6.07, 6.45) is 3.13. The van der Waals surface area contributed by atoms with Gasteiger partial charge < -0.3 is 10.6 Å². The summed E-state index contributed by atoms with van der Waals surface area (Å²) in [5, 5.41) is 5.68. The van der Waals surface area contributed by atoms with Crippen LogP contribution < -0.4 is 10.6 Å². The van der Waals surface area contributed by atoms with Gasteiger partial charge >= 0.3 is 0 Å². The van der Waals surface area contributed by atoms with Gasteiger partial charge in [-0.2, -0.15) is 0 Å². The van der Waals surface area contributed by atoms with Crippen LogP contribution in [0.25, 0.3) is 0 Å². The molecule has 0 unspecified atom stereocenters. The van der Waals surface area contributed by atoms with E-state index in [0.717, 1.165) is 10.0 Å². The lowest BCUT2D eigenvalue weighted by Gasteiger charge is -2.08. The average Bonchev–Trinajstić information content (AvgIpc) is 2.68. The van der Waals surface area contributed by atoms with Crippen molar-refractivity contribution in [2.45, 2.75) is 6.54 Å². The molecule has 5 nitrogen and oxygen atoms in total. The molecule has 0 aliphatic carbocycles. The summed E-state index contributed by atoms with van der Waals surface area (Å²) in [7, 11) is 0. The molecule has 3 rings (SSSR count). The molecule has 0 aliphatic rings. The molecule has 2 N–H and O–H groups in total. The fourth-order valence-electron chi connectivity index (χ4n) is 2.32. The number of pyridine rings is 1. The number of hydrogen-bond acceptors (Lipinski definition) is 3. The molecule has 3 aromatic rings. The highest BCUT2D eigenvalue weighted by atomic mass is 79.9. The molecule has 2 aromatic carbocycles. The van der Waals surface area contributed by atoms with Crippen molar-refractivity contribution >= 4 is 33.4 Å². The summed E-state index contributed by atoms with van der Waals surface area (Å²) in [6, 6.07) is 18.0. The van der Waals surface area contributed by atoms with E-state index in [-0.39, 0.29) is 11.8 Å². The monoisotopic (exact) mass is 409 g/mol. The number of halogens is 1. The molecule has 6 heteroatoms. The lowest BCUT2D eigenvalue weighted by molar-refractivity contribution is 0.0950. The highest BCUT2D eigenvalue weighted by Crippen LogP contribution is 2.13. The van der Waals surface area contributed by atoms with E-state index in [4.69, 9.17) is 0 Å². The molecular formula is C20H16BrN3O2. The van der Waals surface area contributed by atoms with Gasteiger partial charge in [-0.3, -0.25) is 14.6 Å². The van der Waals surface area contributed by atoms with Gasteiger partial charge in [0, 0.05) is 34.7 Å². The molecule has 130 valence electrons. The third kappa shape index (κ3) is 4.77. The van der Waals surface area contributed by atoms with Crippen LogP contribution in [-0.2, 0) is 6.54 Å². The van der Waals surface area contributed by atoms with Gasteiger partial charge in [0.15, 0.2) is 0 Å². The van der Waals surface area contributed by atoms with Crippen molar-refractivity contribution in [1.82, 2.24) is 10.3 Å². The van der Waals surface area contributed by atoms with Crippen LogP contribution in [0.1, 0.15) is 26.3 Å². The Bertz CT molecular complexity index is 912. The maximum absolute atomic E-state index is 12.1. The SMILES string of the molecule is O=C(NCc1ccc(NC(=O)c2cccnc2)cc1)c1cccc(Br)c1. The van der Waals surface area contributed by atoms with Crippen molar-refractivity contribution in [3.63, 3.8) is 0 Å². The quantitative estimate of drug-likeness (QED) is 0.668. The zero-order valence-corrected chi connectivity index (χ0v) is 15.4. The van der Waals surface area contributed by atoms with Gasteiger partial charge in [-0.25, -0.2) is 0 Å². The Morgan fingerprint density at radius 1 is 0.923 bits per heavy atom. The first-order valence-electron chi connectivity index (χ1n) is 7.96. The Kier molecular flexibility index (Phi) is 5.76. The number of anilines is 1. The zero-order valence-electron chi connectivity index (χ0n) is 13.8. The number of aromatic nitrogens is 1. The Labute approximate surface area is 159 Å². The van der Waals surface area contributed by atoms with Crippen LogP contribution in [-0.4, -0.2) is 16.8 Å². The second-order valence-electron chi connectivity index (χ2n) is 5.59. The highest BCUT2D eigenvalue weighted by Gasteiger charge is 2.07. The average molecular weight is 410 g/mol. The van der Waals surface area contributed by atoms with Crippen LogP contribution in [0.5, 0.6) is 0 Å². The molecule has 1 heterocycles. The first-order chi connectivity index (χ1) is 12.6. The minimum atomic E-state index is -0.214. The van der Waals surface area contributed by atoms with Gasteiger partial charge in [0.05, 0.1) is 5.56 Å². The standard InChI is InChI=1S/C20H16BrN3O2/c21-17-5-1-3-15(11-17)19(25)23-12-14-6-8-18(9-7-14)24-20(26)16-4-2-10-22-13-16/h1-11,13H,12H2,(H,23,25)(H,24,26). The molecular weight excluding hydrogens is 394 g/mol. The van der Waals surface area contributed by atoms with Crippen LogP contribution in [0.4, 0.5) is 5.69 Å². The number of carbonyl (C=O) groups excluding carboxylic acids is 2. The van der Waals surface area contributed by atoms with Crippen LogP contribution in [0, 0.1) is 0 Å². The fourth-order valence-corrected chi connectivity index (χ4v) is 2.72. The van der Waals surface area contributed by atoms with E-state index >= 15 is 0 Å². The number of amides is 2. The summed E-state index contributed by atoms with van der Waals surface area (Å²) in [4.78, 5) is 28.2. The number of nitrogens with zero attached hydrogens (tertiary/aromatic N) is 1. The molecule has 0 spiro atoms. The highest BCUT2D eigenvalue weighted by molar-refractivity contribution is 9.10. The van der Waals surface area contributed by atoms with Crippen molar-refractivity contribution in [3.8, 4) is 0 Å². The smallest absolute Gasteiger partial charge is 0.257 e. The molecule has 0 aliphatic heterocycles. The molecule has 0 saturated heterocycles. The van der Waals surface area contributed by atoms with Crippen LogP contribution in [0.15, 0.2) is 77.5 Å². The first-order valence-corrected chi connectivity index (χ1v) is 8.75. The molecule has 0 atom stereocenters. The summed E-state index contributed by atoms with van der Waals surface area (Å²) in [5.74, 6) is -0.353. The van der Waals surface area contributed by atoms with Gasteiger partial charge in [-0.05, 0) is 48.0 Å². The van der Waals surface area contributed by atoms with Crippen LogP contribution in [0.3, 0.4) is 0 Å². The second kappa shape index (κ2) is 8.40. The lowest BCUT2D eigenvalue weighted by atomic mass is 10.1. The van der Waals surface area contributed by atoms with E-state index < -0.39 is 0 Å². The second-order valence-corrected chi connectivity index (χ2v) is 6.50. The van der Waals surface area contributed by atoms with Crippen LogP contribution in [0.2, 0.25) is 0 Å². The van der Waals surface area contributed by atoms with Crippen molar-refractivity contribution in [3.05, 3.63) is 94.2 Å². The largest absolute Gasteiger partial charge is 0.348 e. The Hall–Kier alpha value is -2.99. The topological polar surface area (TPSA) is 71.1 Å². The number of benzene rings is 2. The molecule has 1 aromatic heterocycles. The lowest BCUT2D eigenvalue weighted by Crippen LogP contribution is -2.22. The zero-order chi connectivity index (χ0) is 18.4. The number of nitrogens with one attached hydrogen (secondary N) is 2. The minimum absolute atomic E-state index is 0.139. The Balaban J connectivity index is 1.56. The van der Waals surface area contributed by atoms with Crippen molar-refractivity contribution < 1.29 is 9.59 Å². The third-order valence-corrected chi connectivity index (χ3v) is 4.17. The maximum Gasteiger partial charge on any atom is 0.257 e. The van der Waals surface area contributed by atoms with Gasteiger partial charge in [0.25, 0.3) is 11.8 Å². The summed E-state index contributed by atoms with van der Waals surface area (Å²) >= 11 is 3.35. The number of hydrogen-bond donors (Lipinski definition) is 2. The normalized spacial score (nSPS) is 10.2. The molecule has 0 radical (unpaired) electrons. The van der Waals surface area contributed by atoms with Crippen molar-refractivity contribution in [2.24, 2.45) is 0 Å². The van der Waals surface area contributed by atoms with E-state index in [1.165, 1.54) is 6.20 Å². The van der Waals surface area contributed by atoms with E-state index in [1.807, 2.05) is 24.3 Å². The van der Waals surface area contributed by atoms with Gasteiger partial charge in [-0.1, -0.05) is 34.1 Å². The fraction of sp³-hybridized carbons (Fsp3) is 0.0500. The molecule has 0 fully saturated rings. The van der Waals surface area contributed by atoms with E-state index in [9.17, 15) is 9.59 Å².